The van der Waals surface area contributed by atoms with Crippen molar-refractivity contribution in [3.8, 4) is 5.88 Å². The van der Waals surface area contributed by atoms with Crippen molar-refractivity contribution in [1.82, 2.24) is 24.6 Å². The summed E-state index contributed by atoms with van der Waals surface area (Å²) >= 11 is 0. The van der Waals surface area contributed by atoms with Crippen molar-refractivity contribution in [2.75, 3.05) is 57.0 Å². The molecule has 3 heterocycles. The number of benzene rings is 1. The molecule has 1 atom stereocenters. The highest BCUT2D eigenvalue weighted by Gasteiger charge is 2.26. The van der Waals surface area contributed by atoms with Crippen LogP contribution in [0, 0.1) is 0 Å². The number of para-hydroxylation sites is 1. The number of piperazine rings is 1. The zero-order chi connectivity index (χ0) is 28.8. The van der Waals surface area contributed by atoms with Gasteiger partial charge in [-0.25, -0.2) is 9.38 Å². The number of hydrogen-bond donors (Lipinski definition) is 3. The third kappa shape index (κ3) is 6.40. The highest BCUT2D eigenvalue weighted by molar-refractivity contribution is 6.23. The maximum Gasteiger partial charge on any atom is 0.256 e. The van der Waals surface area contributed by atoms with E-state index in [-0.39, 0.29) is 23.6 Å². The number of hydrogen-bond acceptors (Lipinski definition) is 6. The van der Waals surface area contributed by atoms with Gasteiger partial charge in [-0.05, 0) is 26.5 Å². The molecule has 0 aliphatic carbocycles. The largest absolute Gasteiger partial charge is 0.475 e. The van der Waals surface area contributed by atoms with Gasteiger partial charge < -0.3 is 25.3 Å². The Balaban J connectivity index is 1.58. The summed E-state index contributed by atoms with van der Waals surface area (Å²) in [6, 6.07) is 5.19. The average molecular weight is 552 g/mol. The van der Waals surface area contributed by atoms with E-state index in [1.54, 1.807) is 31.2 Å². The Labute approximate surface area is 233 Å². The van der Waals surface area contributed by atoms with E-state index in [2.05, 4.69) is 54.0 Å². The summed E-state index contributed by atoms with van der Waals surface area (Å²) in [4.78, 5) is 29.6. The molecule has 2 aromatic heterocycles. The number of anilines is 2. The first-order valence-electron chi connectivity index (χ1n) is 13.5. The van der Waals surface area contributed by atoms with Crippen molar-refractivity contribution < 1.29 is 13.9 Å². The van der Waals surface area contributed by atoms with Crippen molar-refractivity contribution >= 4 is 39.9 Å². The van der Waals surface area contributed by atoms with Crippen LogP contribution in [0.5, 0.6) is 5.88 Å². The second-order valence-electron chi connectivity index (χ2n) is 9.56. The van der Waals surface area contributed by atoms with Crippen molar-refractivity contribution in [3.63, 3.8) is 0 Å². The summed E-state index contributed by atoms with van der Waals surface area (Å²) in [5.74, 6) is -0.285. The number of aliphatic imine (C=N–C) groups is 2. The summed E-state index contributed by atoms with van der Waals surface area (Å²) in [6.07, 6.45) is 3.38. The Morgan fingerprint density at radius 3 is 2.62 bits per heavy atom. The second kappa shape index (κ2) is 12.9. The number of aromatic nitrogens is 3. The van der Waals surface area contributed by atoms with Gasteiger partial charge >= 0.3 is 0 Å². The quantitative estimate of drug-likeness (QED) is 0.276. The lowest BCUT2D eigenvalue weighted by atomic mass is 10.1. The van der Waals surface area contributed by atoms with Crippen LogP contribution in [-0.4, -0.2) is 94.6 Å². The first kappa shape index (κ1) is 29.0. The Morgan fingerprint density at radius 1 is 1.23 bits per heavy atom. The minimum Gasteiger partial charge on any atom is -0.475 e. The molecule has 1 saturated heterocycles. The van der Waals surface area contributed by atoms with E-state index < -0.39 is 5.83 Å². The predicted octanol–water partition coefficient (Wildman–Crippen LogP) is 3.63. The first-order chi connectivity index (χ1) is 19.2. The van der Waals surface area contributed by atoms with Crippen LogP contribution >= 0.6 is 0 Å². The Kier molecular flexibility index (Phi) is 9.33. The summed E-state index contributed by atoms with van der Waals surface area (Å²) in [7, 11) is 3.32. The number of guanidine groups is 1. The van der Waals surface area contributed by atoms with Gasteiger partial charge in [0.25, 0.3) is 5.88 Å². The lowest BCUT2D eigenvalue weighted by Gasteiger charge is -2.36. The number of likely N-dealkylation sites (N-methyl/N-ethyl adjacent to an activating group) is 1. The summed E-state index contributed by atoms with van der Waals surface area (Å²) in [5.41, 5.74) is 2.31. The average Bonchev–Trinajstić information content (AvgIpc) is 3.53. The third-order valence-corrected chi connectivity index (χ3v) is 7.02. The number of rotatable bonds is 9. The van der Waals surface area contributed by atoms with E-state index >= 15 is 0 Å². The van der Waals surface area contributed by atoms with Crippen LogP contribution in [0.25, 0.3) is 10.9 Å². The molecule has 1 aliphatic rings. The van der Waals surface area contributed by atoms with Crippen molar-refractivity contribution in [2.45, 2.75) is 26.8 Å². The zero-order valence-corrected chi connectivity index (χ0v) is 23.8. The highest BCUT2D eigenvalue weighted by Crippen LogP contribution is 2.28. The maximum atomic E-state index is 14.8. The Hall–Kier alpha value is -4.03. The van der Waals surface area contributed by atoms with Crippen LogP contribution in [0.4, 0.5) is 15.8 Å². The fraction of sp³-hybridized carbons (Fsp3) is 0.429. The van der Waals surface area contributed by atoms with Gasteiger partial charge in [0, 0.05) is 57.4 Å². The molecule has 214 valence electrons. The molecule has 12 heteroatoms. The van der Waals surface area contributed by atoms with E-state index in [0.29, 0.717) is 40.3 Å². The highest BCUT2D eigenvalue weighted by atomic mass is 19.1. The Morgan fingerprint density at radius 2 is 1.98 bits per heavy atom. The standard InChI is InChI=1S/C28H38FN9O2/c1-7-37-12-14-38(15-13-37)19(4)26(39)32-22-11-9-10-20-21(16-31-25(20)22)24(18(3)29)34-28(30-5)33-23-17-36(6)35-27(23)40-8-2/h9-11,16-17,19,31H,3,7-8,12-15H2,1-2,4-6H3,(H,30,33)(H,32,39)/t19-/m1/s1. The summed E-state index contributed by atoms with van der Waals surface area (Å²) in [6.45, 7) is 14.5. The van der Waals surface area contributed by atoms with Gasteiger partial charge in [0.05, 0.1) is 30.0 Å². The number of aromatic amines is 1. The van der Waals surface area contributed by atoms with Gasteiger partial charge in [0.2, 0.25) is 11.9 Å². The van der Waals surface area contributed by atoms with E-state index in [0.717, 1.165) is 32.7 Å². The maximum absolute atomic E-state index is 14.8. The van der Waals surface area contributed by atoms with E-state index in [9.17, 15) is 9.18 Å². The van der Waals surface area contributed by atoms with Gasteiger partial charge in [0.15, 0.2) is 0 Å². The van der Waals surface area contributed by atoms with Crippen molar-refractivity contribution in [3.05, 3.63) is 48.6 Å². The fourth-order valence-corrected chi connectivity index (χ4v) is 4.75. The number of aryl methyl sites for hydroxylation is 1. The SMILES string of the molecule is C=C(F)C(=NC(=NC)Nc1cn(C)nc1OCC)c1c[nH]c2c(NC(=O)[C@@H](C)N3CCN(CC)CC3)cccc12. The molecule has 3 aromatic rings. The molecule has 0 bridgehead atoms. The number of halogens is 1. The molecule has 0 spiro atoms. The molecule has 1 aromatic carbocycles. The zero-order valence-electron chi connectivity index (χ0n) is 23.8. The molecule has 11 nitrogen and oxygen atoms in total. The van der Waals surface area contributed by atoms with Gasteiger partial charge in [-0.2, -0.15) is 0 Å². The number of ether oxygens (including phenoxy) is 1. The lowest BCUT2D eigenvalue weighted by molar-refractivity contribution is -0.121. The van der Waals surface area contributed by atoms with E-state index in [1.165, 1.54) is 0 Å². The van der Waals surface area contributed by atoms with E-state index in [4.69, 9.17) is 4.74 Å². The molecule has 40 heavy (non-hydrogen) atoms. The number of allylic oxidation sites excluding steroid dienone is 1. The number of nitrogens with zero attached hydrogens (tertiary/aromatic N) is 6. The third-order valence-electron chi connectivity index (χ3n) is 7.02. The molecule has 3 N–H and O–H groups in total. The van der Waals surface area contributed by atoms with Crippen LogP contribution in [0.1, 0.15) is 26.3 Å². The second-order valence-corrected chi connectivity index (χ2v) is 9.56. The molecule has 1 amide bonds. The van der Waals surface area contributed by atoms with Gasteiger partial charge in [-0.1, -0.05) is 25.6 Å². The molecular weight excluding hydrogens is 513 g/mol. The Bertz CT molecular complexity index is 1420. The minimum atomic E-state index is -0.727. The fourth-order valence-electron chi connectivity index (χ4n) is 4.75. The van der Waals surface area contributed by atoms with Crippen LogP contribution in [0.2, 0.25) is 0 Å². The molecule has 1 aliphatic heterocycles. The number of carbonyl (C=O) groups excluding carboxylic acids is 1. The molecule has 0 saturated carbocycles. The number of H-pyrrole nitrogens is 1. The number of amides is 1. The molecule has 1 fully saturated rings. The number of fused-ring (bicyclic) bond motifs is 1. The normalized spacial score (nSPS) is 16.2. The smallest absolute Gasteiger partial charge is 0.256 e. The van der Waals surface area contributed by atoms with Crippen LogP contribution < -0.4 is 15.4 Å². The lowest BCUT2D eigenvalue weighted by Crippen LogP contribution is -2.52. The molecular formula is C28H38FN9O2. The van der Waals surface area contributed by atoms with Gasteiger partial charge in [-0.3, -0.25) is 19.4 Å². The van der Waals surface area contributed by atoms with Gasteiger partial charge in [-0.15, -0.1) is 5.10 Å². The molecule has 0 radical (unpaired) electrons. The van der Waals surface area contributed by atoms with Crippen LogP contribution in [-0.2, 0) is 11.8 Å². The van der Waals surface area contributed by atoms with Gasteiger partial charge in [0.1, 0.15) is 17.2 Å². The monoisotopic (exact) mass is 551 g/mol. The first-order valence-corrected chi connectivity index (χ1v) is 13.5. The molecule has 4 rings (SSSR count). The predicted molar refractivity (Wildman–Crippen MR) is 158 cm³/mol. The minimum absolute atomic E-state index is 0.00633. The van der Waals surface area contributed by atoms with Crippen molar-refractivity contribution in [1.29, 1.82) is 0 Å². The van der Waals surface area contributed by atoms with Crippen LogP contribution in [0.3, 0.4) is 0 Å². The topological polar surface area (TPSA) is 115 Å². The summed E-state index contributed by atoms with van der Waals surface area (Å²) in [5, 5.41) is 11.1. The molecule has 0 unspecified atom stereocenters. The summed E-state index contributed by atoms with van der Waals surface area (Å²) < 4.78 is 22.0. The number of nitrogens with one attached hydrogen (secondary N) is 3. The number of carbonyl (C=O) groups is 1. The van der Waals surface area contributed by atoms with Crippen molar-refractivity contribution in [2.24, 2.45) is 17.0 Å². The van der Waals surface area contributed by atoms with E-state index in [1.807, 2.05) is 32.0 Å². The van der Waals surface area contributed by atoms with Crippen LogP contribution in [0.15, 0.2) is 53.0 Å².